The molecule has 1 N–H and O–H groups in total. The van der Waals surface area contributed by atoms with E-state index in [2.05, 4.69) is 20.6 Å². The predicted molar refractivity (Wildman–Crippen MR) is 96.1 cm³/mol. The van der Waals surface area contributed by atoms with Gasteiger partial charge in [0.2, 0.25) is 0 Å². The average molecular weight is 344 g/mol. The molecule has 0 saturated carbocycles. The van der Waals surface area contributed by atoms with Crippen LogP contribution in [0.2, 0.25) is 0 Å². The van der Waals surface area contributed by atoms with Crippen molar-refractivity contribution in [1.82, 2.24) is 30.1 Å². The fraction of sp³-hybridized carbons (Fsp3) is 0.0526. The van der Waals surface area contributed by atoms with Gasteiger partial charge in [0.1, 0.15) is 0 Å². The molecule has 7 heteroatoms. The first kappa shape index (κ1) is 15.8. The second-order valence-electron chi connectivity index (χ2n) is 5.67. The lowest BCUT2D eigenvalue weighted by atomic mass is 10.3. The maximum Gasteiger partial charge on any atom is 0.273 e. The Morgan fingerprint density at radius 2 is 1.58 bits per heavy atom. The molecule has 128 valence electrons. The van der Waals surface area contributed by atoms with Crippen LogP contribution >= 0.6 is 0 Å². The minimum atomic E-state index is -0.278. The minimum Gasteiger partial charge on any atom is -0.346 e. The Hall–Kier alpha value is -3.74. The van der Waals surface area contributed by atoms with Gasteiger partial charge in [-0.3, -0.25) is 4.79 Å². The van der Waals surface area contributed by atoms with Gasteiger partial charge >= 0.3 is 0 Å². The van der Waals surface area contributed by atoms with Gasteiger partial charge in [-0.25, -0.2) is 4.68 Å². The lowest BCUT2D eigenvalue weighted by Gasteiger charge is -2.01. The number of carbonyl (C=O) groups excluding carboxylic acids is 1. The Bertz CT molecular complexity index is 1010. The standard InChI is InChI=1S/C19H16N6O/c26-19(18-13-22-25(23-18)17-9-5-2-6-10-17)20-11-15-12-21-24(14-15)16-7-3-1-4-8-16/h1-10,12-14H,11H2,(H,20,26). The number of nitrogens with one attached hydrogen (secondary N) is 1. The molecule has 0 unspecified atom stereocenters. The summed E-state index contributed by atoms with van der Waals surface area (Å²) >= 11 is 0. The molecule has 0 radical (unpaired) electrons. The van der Waals surface area contributed by atoms with Crippen molar-refractivity contribution >= 4 is 5.91 Å². The van der Waals surface area contributed by atoms with Gasteiger partial charge in [0.05, 0.1) is 23.8 Å². The quantitative estimate of drug-likeness (QED) is 0.603. The lowest BCUT2D eigenvalue weighted by molar-refractivity contribution is 0.0945. The van der Waals surface area contributed by atoms with E-state index in [0.717, 1.165) is 16.9 Å². The number of carbonyl (C=O) groups is 1. The summed E-state index contributed by atoms with van der Waals surface area (Å²) in [6.45, 7) is 0.365. The summed E-state index contributed by atoms with van der Waals surface area (Å²) in [4.78, 5) is 13.7. The maximum absolute atomic E-state index is 12.3. The average Bonchev–Trinajstić information content (AvgIpc) is 3.37. The monoisotopic (exact) mass is 344 g/mol. The van der Waals surface area contributed by atoms with Gasteiger partial charge in [0.15, 0.2) is 5.69 Å². The van der Waals surface area contributed by atoms with Crippen molar-refractivity contribution in [1.29, 1.82) is 0 Å². The van der Waals surface area contributed by atoms with Crippen molar-refractivity contribution in [3.8, 4) is 11.4 Å². The number of para-hydroxylation sites is 2. The van der Waals surface area contributed by atoms with Gasteiger partial charge < -0.3 is 5.32 Å². The summed E-state index contributed by atoms with van der Waals surface area (Å²) in [5.74, 6) is -0.278. The molecule has 1 amide bonds. The topological polar surface area (TPSA) is 77.6 Å². The molecule has 0 aliphatic heterocycles. The number of hydrogen-bond donors (Lipinski definition) is 1. The molecule has 26 heavy (non-hydrogen) atoms. The largest absolute Gasteiger partial charge is 0.346 e. The van der Waals surface area contributed by atoms with Crippen molar-refractivity contribution in [3.05, 3.63) is 90.5 Å². The molecule has 2 aromatic heterocycles. The Balaban J connectivity index is 1.40. The molecule has 0 saturated heterocycles. The van der Waals surface area contributed by atoms with E-state index in [9.17, 15) is 4.79 Å². The molecular weight excluding hydrogens is 328 g/mol. The summed E-state index contributed by atoms with van der Waals surface area (Å²) in [6.07, 6.45) is 5.07. The van der Waals surface area contributed by atoms with Crippen LogP contribution in [0.3, 0.4) is 0 Å². The SMILES string of the molecule is O=C(NCc1cnn(-c2ccccc2)c1)c1cnn(-c2ccccc2)n1. The smallest absolute Gasteiger partial charge is 0.273 e. The third-order valence-electron chi connectivity index (χ3n) is 3.82. The third kappa shape index (κ3) is 3.36. The Morgan fingerprint density at radius 1 is 0.885 bits per heavy atom. The fourth-order valence-electron chi connectivity index (χ4n) is 2.50. The van der Waals surface area contributed by atoms with E-state index in [-0.39, 0.29) is 11.6 Å². The molecule has 0 atom stereocenters. The van der Waals surface area contributed by atoms with Crippen LogP contribution in [-0.4, -0.2) is 30.7 Å². The van der Waals surface area contributed by atoms with Crippen LogP contribution in [0.1, 0.15) is 16.1 Å². The first-order valence-corrected chi connectivity index (χ1v) is 8.14. The second-order valence-corrected chi connectivity index (χ2v) is 5.67. The first-order valence-electron chi connectivity index (χ1n) is 8.14. The molecule has 2 aromatic carbocycles. The van der Waals surface area contributed by atoms with E-state index in [1.807, 2.05) is 66.9 Å². The van der Waals surface area contributed by atoms with Crippen LogP contribution in [0.25, 0.3) is 11.4 Å². The summed E-state index contributed by atoms with van der Waals surface area (Å²) in [5, 5.41) is 15.5. The lowest BCUT2D eigenvalue weighted by Crippen LogP contribution is -2.23. The molecule has 4 rings (SSSR count). The van der Waals surface area contributed by atoms with Crippen LogP contribution < -0.4 is 5.32 Å². The van der Waals surface area contributed by atoms with Crippen molar-refractivity contribution in [2.45, 2.75) is 6.54 Å². The zero-order valence-electron chi connectivity index (χ0n) is 13.9. The highest BCUT2D eigenvalue weighted by Gasteiger charge is 2.11. The van der Waals surface area contributed by atoms with Gasteiger partial charge in [-0.05, 0) is 24.3 Å². The van der Waals surface area contributed by atoms with Crippen molar-refractivity contribution in [2.75, 3.05) is 0 Å². The summed E-state index contributed by atoms with van der Waals surface area (Å²) in [5.41, 5.74) is 2.94. The van der Waals surface area contributed by atoms with E-state index in [1.54, 1.807) is 10.9 Å². The van der Waals surface area contributed by atoms with Gasteiger partial charge in [0, 0.05) is 18.3 Å². The zero-order chi connectivity index (χ0) is 17.8. The number of aromatic nitrogens is 5. The normalized spacial score (nSPS) is 10.6. The summed E-state index contributed by atoms with van der Waals surface area (Å²) < 4.78 is 1.77. The summed E-state index contributed by atoms with van der Waals surface area (Å²) in [6, 6.07) is 19.2. The molecule has 0 fully saturated rings. The Labute approximate surface area is 149 Å². The third-order valence-corrected chi connectivity index (χ3v) is 3.82. The van der Waals surface area contributed by atoms with E-state index < -0.39 is 0 Å². The molecule has 0 bridgehead atoms. The molecule has 0 spiro atoms. The van der Waals surface area contributed by atoms with Crippen LogP contribution in [0, 0.1) is 0 Å². The van der Waals surface area contributed by atoms with Crippen molar-refractivity contribution < 1.29 is 4.79 Å². The molecule has 4 aromatic rings. The number of nitrogens with zero attached hydrogens (tertiary/aromatic N) is 5. The van der Waals surface area contributed by atoms with Crippen LogP contribution in [0.5, 0.6) is 0 Å². The molecule has 0 aliphatic carbocycles. The van der Waals surface area contributed by atoms with Crippen molar-refractivity contribution in [3.63, 3.8) is 0 Å². The van der Waals surface area contributed by atoms with Crippen LogP contribution in [-0.2, 0) is 6.54 Å². The highest BCUT2D eigenvalue weighted by atomic mass is 16.2. The minimum absolute atomic E-state index is 0.268. The summed E-state index contributed by atoms with van der Waals surface area (Å²) in [7, 11) is 0. The first-order chi connectivity index (χ1) is 12.8. The maximum atomic E-state index is 12.3. The number of benzene rings is 2. The van der Waals surface area contributed by atoms with E-state index >= 15 is 0 Å². The van der Waals surface area contributed by atoms with E-state index in [1.165, 1.54) is 11.0 Å². The molecular formula is C19H16N6O. The fourth-order valence-corrected chi connectivity index (χ4v) is 2.50. The number of hydrogen-bond acceptors (Lipinski definition) is 4. The number of rotatable bonds is 5. The Kier molecular flexibility index (Phi) is 4.26. The van der Waals surface area contributed by atoms with E-state index in [0.29, 0.717) is 6.54 Å². The molecule has 0 aliphatic rings. The highest BCUT2D eigenvalue weighted by molar-refractivity contribution is 5.91. The van der Waals surface area contributed by atoms with Gasteiger partial charge in [-0.15, -0.1) is 5.10 Å². The predicted octanol–water partition coefficient (Wildman–Crippen LogP) is 2.38. The number of amides is 1. The van der Waals surface area contributed by atoms with E-state index in [4.69, 9.17) is 0 Å². The van der Waals surface area contributed by atoms with Gasteiger partial charge in [-0.2, -0.15) is 15.0 Å². The Morgan fingerprint density at radius 3 is 2.31 bits per heavy atom. The highest BCUT2D eigenvalue weighted by Crippen LogP contribution is 2.08. The molecule has 2 heterocycles. The van der Waals surface area contributed by atoms with Crippen LogP contribution in [0.4, 0.5) is 0 Å². The van der Waals surface area contributed by atoms with Gasteiger partial charge in [-0.1, -0.05) is 36.4 Å². The van der Waals surface area contributed by atoms with Gasteiger partial charge in [0.25, 0.3) is 5.91 Å². The van der Waals surface area contributed by atoms with Crippen LogP contribution in [0.15, 0.2) is 79.3 Å². The zero-order valence-corrected chi connectivity index (χ0v) is 13.9. The molecule has 7 nitrogen and oxygen atoms in total. The van der Waals surface area contributed by atoms with Crippen molar-refractivity contribution in [2.24, 2.45) is 0 Å². The second kappa shape index (κ2) is 7.02.